The smallest absolute Gasteiger partial charge is 0.155 e. The van der Waals surface area contributed by atoms with Gasteiger partial charge in [0.05, 0.1) is 12.2 Å². The maximum absolute atomic E-state index is 5.36. The van der Waals surface area contributed by atoms with Gasteiger partial charge in [0.15, 0.2) is 9.03 Å². The van der Waals surface area contributed by atoms with Crippen LogP contribution in [0.1, 0.15) is 25.7 Å². The predicted octanol–water partition coefficient (Wildman–Crippen LogP) is 1.85. The zero-order valence-corrected chi connectivity index (χ0v) is 6.30. The van der Waals surface area contributed by atoms with Crippen LogP contribution < -0.4 is 0 Å². The Bertz CT molecular complexity index is 95.2. The molecule has 2 nitrogen and oxygen atoms in total. The molecule has 52 valence electrons. The molecule has 0 aromatic carbocycles. The second-order valence-corrected chi connectivity index (χ2v) is 3.32. The summed E-state index contributed by atoms with van der Waals surface area (Å²) in [5.74, 6) is 0. The van der Waals surface area contributed by atoms with Gasteiger partial charge >= 0.3 is 0 Å². The van der Waals surface area contributed by atoms with Gasteiger partial charge in [0.25, 0.3) is 0 Å². The first kappa shape index (κ1) is 6.09. The SMILES string of the molecule is C1CCC2OPOC2C1. The van der Waals surface area contributed by atoms with E-state index in [-0.39, 0.29) is 0 Å². The van der Waals surface area contributed by atoms with E-state index in [1.165, 1.54) is 25.7 Å². The van der Waals surface area contributed by atoms with Crippen LogP contribution in [0, 0.1) is 0 Å². The maximum atomic E-state index is 5.36. The van der Waals surface area contributed by atoms with Crippen LogP contribution in [0.4, 0.5) is 0 Å². The molecule has 3 heteroatoms. The van der Waals surface area contributed by atoms with E-state index in [0.717, 1.165) is 0 Å². The summed E-state index contributed by atoms with van der Waals surface area (Å²) < 4.78 is 10.7. The van der Waals surface area contributed by atoms with Crippen LogP contribution in [0.5, 0.6) is 0 Å². The lowest BCUT2D eigenvalue weighted by Crippen LogP contribution is -2.25. The molecular formula is C6H11O2P. The summed E-state index contributed by atoms with van der Waals surface area (Å²) in [4.78, 5) is 0. The molecule has 9 heavy (non-hydrogen) atoms. The van der Waals surface area contributed by atoms with Crippen molar-refractivity contribution in [3.63, 3.8) is 0 Å². The molecule has 1 aliphatic heterocycles. The van der Waals surface area contributed by atoms with Gasteiger partial charge in [-0.2, -0.15) is 0 Å². The summed E-state index contributed by atoms with van der Waals surface area (Å²) in [6.07, 6.45) is 6.01. The molecular weight excluding hydrogens is 135 g/mol. The van der Waals surface area contributed by atoms with Gasteiger partial charge in [-0.3, -0.25) is 0 Å². The lowest BCUT2D eigenvalue weighted by atomic mass is 9.95. The van der Waals surface area contributed by atoms with E-state index in [2.05, 4.69) is 0 Å². The van der Waals surface area contributed by atoms with Crippen LogP contribution in [0.15, 0.2) is 0 Å². The molecule has 2 fully saturated rings. The molecule has 1 aliphatic carbocycles. The Morgan fingerprint density at radius 3 is 2.11 bits per heavy atom. The van der Waals surface area contributed by atoms with Gasteiger partial charge < -0.3 is 9.05 Å². The summed E-state index contributed by atoms with van der Waals surface area (Å²) in [5.41, 5.74) is 0. The standard InChI is InChI=1S/C6H11O2P/c1-2-4-6-5(3-1)7-9-8-6/h5-6,9H,1-4H2. The van der Waals surface area contributed by atoms with Gasteiger partial charge in [-0.05, 0) is 12.8 Å². The quantitative estimate of drug-likeness (QED) is 0.485. The van der Waals surface area contributed by atoms with Gasteiger partial charge in [0.2, 0.25) is 0 Å². The summed E-state index contributed by atoms with van der Waals surface area (Å²) in [6, 6.07) is 0. The molecule has 2 rings (SSSR count). The number of hydrogen-bond acceptors (Lipinski definition) is 2. The highest BCUT2D eigenvalue weighted by atomic mass is 31.1. The minimum atomic E-state index is 0.323. The Labute approximate surface area is 56.9 Å². The first-order chi connectivity index (χ1) is 4.47. The lowest BCUT2D eigenvalue weighted by molar-refractivity contribution is 0.110. The zero-order chi connectivity index (χ0) is 6.10. The van der Waals surface area contributed by atoms with E-state index in [0.29, 0.717) is 21.2 Å². The van der Waals surface area contributed by atoms with Gasteiger partial charge in [0, 0.05) is 0 Å². The van der Waals surface area contributed by atoms with Crippen molar-refractivity contribution >= 4 is 9.03 Å². The fraction of sp³-hybridized carbons (Fsp3) is 1.00. The third-order valence-corrected chi connectivity index (χ3v) is 2.84. The van der Waals surface area contributed by atoms with E-state index in [1.54, 1.807) is 0 Å². The Morgan fingerprint density at radius 2 is 1.56 bits per heavy atom. The van der Waals surface area contributed by atoms with Crippen molar-refractivity contribution in [2.24, 2.45) is 0 Å². The average molecular weight is 146 g/mol. The predicted molar refractivity (Wildman–Crippen MR) is 36.5 cm³/mol. The van der Waals surface area contributed by atoms with Gasteiger partial charge in [-0.15, -0.1) is 0 Å². The van der Waals surface area contributed by atoms with E-state index in [1.807, 2.05) is 0 Å². The van der Waals surface area contributed by atoms with Crippen LogP contribution >= 0.6 is 9.03 Å². The number of fused-ring (bicyclic) bond motifs is 1. The zero-order valence-electron chi connectivity index (χ0n) is 5.30. The Hall–Kier alpha value is 0.350. The van der Waals surface area contributed by atoms with Crippen molar-refractivity contribution in [2.75, 3.05) is 0 Å². The largest absolute Gasteiger partial charge is 0.330 e. The molecule has 1 heterocycles. The summed E-state index contributed by atoms with van der Waals surface area (Å²) in [7, 11) is 0.323. The molecule has 1 saturated heterocycles. The topological polar surface area (TPSA) is 18.5 Å². The van der Waals surface area contributed by atoms with Crippen LogP contribution in [-0.2, 0) is 9.05 Å². The summed E-state index contributed by atoms with van der Waals surface area (Å²) in [6.45, 7) is 0. The Balaban J connectivity index is 1.97. The van der Waals surface area contributed by atoms with Crippen LogP contribution in [0.2, 0.25) is 0 Å². The molecule has 0 bridgehead atoms. The van der Waals surface area contributed by atoms with Crippen molar-refractivity contribution in [3.8, 4) is 0 Å². The fourth-order valence-electron chi connectivity index (χ4n) is 1.48. The Morgan fingerprint density at radius 1 is 1.00 bits per heavy atom. The van der Waals surface area contributed by atoms with Crippen LogP contribution in [0.25, 0.3) is 0 Å². The van der Waals surface area contributed by atoms with Crippen molar-refractivity contribution in [3.05, 3.63) is 0 Å². The van der Waals surface area contributed by atoms with Gasteiger partial charge in [-0.25, -0.2) is 0 Å². The lowest BCUT2D eigenvalue weighted by Gasteiger charge is -2.20. The van der Waals surface area contributed by atoms with Crippen molar-refractivity contribution in [1.82, 2.24) is 0 Å². The van der Waals surface area contributed by atoms with Gasteiger partial charge in [0.1, 0.15) is 0 Å². The first-order valence-corrected chi connectivity index (χ1v) is 4.35. The van der Waals surface area contributed by atoms with E-state index in [9.17, 15) is 0 Å². The molecule has 0 amide bonds. The van der Waals surface area contributed by atoms with Gasteiger partial charge in [-0.1, -0.05) is 12.8 Å². The second kappa shape index (κ2) is 2.53. The van der Waals surface area contributed by atoms with Crippen molar-refractivity contribution in [1.29, 1.82) is 0 Å². The molecule has 0 radical (unpaired) electrons. The Kier molecular flexibility index (Phi) is 1.71. The average Bonchev–Trinajstić information content (AvgIpc) is 2.33. The van der Waals surface area contributed by atoms with E-state index < -0.39 is 0 Å². The molecule has 2 unspecified atom stereocenters. The molecule has 0 spiro atoms. The first-order valence-electron chi connectivity index (χ1n) is 3.53. The summed E-state index contributed by atoms with van der Waals surface area (Å²) in [5, 5.41) is 0. The maximum Gasteiger partial charge on any atom is 0.155 e. The third-order valence-electron chi connectivity index (χ3n) is 2.04. The minimum Gasteiger partial charge on any atom is -0.330 e. The van der Waals surface area contributed by atoms with Crippen molar-refractivity contribution < 1.29 is 9.05 Å². The van der Waals surface area contributed by atoms with E-state index in [4.69, 9.17) is 9.05 Å². The molecule has 2 atom stereocenters. The second-order valence-electron chi connectivity index (χ2n) is 2.68. The molecule has 0 aromatic heterocycles. The summed E-state index contributed by atoms with van der Waals surface area (Å²) >= 11 is 0. The van der Waals surface area contributed by atoms with Crippen LogP contribution in [-0.4, -0.2) is 12.2 Å². The fourth-order valence-corrected chi connectivity index (χ4v) is 2.33. The molecule has 2 aliphatic rings. The normalized spacial score (nSPS) is 45.3. The third kappa shape index (κ3) is 1.12. The molecule has 1 saturated carbocycles. The van der Waals surface area contributed by atoms with Crippen molar-refractivity contribution in [2.45, 2.75) is 37.9 Å². The molecule has 0 N–H and O–H groups in total. The highest BCUT2D eigenvalue weighted by Gasteiger charge is 2.31. The van der Waals surface area contributed by atoms with E-state index >= 15 is 0 Å². The highest BCUT2D eigenvalue weighted by molar-refractivity contribution is 7.26. The highest BCUT2D eigenvalue weighted by Crippen LogP contribution is 2.39. The number of hydrogen-bond donors (Lipinski definition) is 0. The monoisotopic (exact) mass is 146 g/mol. The number of rotatable bonds is 0. The molecule has 0 aromatic rings. The van der Waals surface area contributed by atoms with Crippen LogP contribution in [0.3, 0.4) is 0 Å². The minimum absolute atomic E-state index is 0.323.